The minimum atomic E-state index is -0.357. The van der Waals surface area contributed by atoms with Gasteiger partial charge in [-0.1, -0.05) is 23.5 Å². The molecule has 1 aliphatic heterocycles. The Morgan fingerprint density at radius 3 is 2.52 bits per heavy atom. The van der Waals surface area contributed by atoms with Gasteiger partial charge in [-0.25, -0.2) is 9.37 Å². The first kappa shape index (κ1) is 17.3. The van der Waals surface area contributed by atoms with Gasteiger partial charge in [0.2, 0.25) is 5.91 Å². The lowest BCUT2D eigenvalue weighted by Crippen LogP contribution is -2.31. The third kappa shape index (κ3) is 3.31. The van der Waals surface area contributed by atoms with Crippen molar-refractivity contribution in [1.29, 1.82) is 0 Å². The van der Waals surface area contributed by atoms with Crippen molar-refractivity contribution in [2.24, 2.45) is 0 Å². The number of nitrogens with zero attached hydrogens (tertiary/aromatic N) is 2. The fourth-order valence-corrected chi connectivity index (χ4v) is 3.88. The van der Waals surface area contributed by atoms with Crippen molar-refractivity contribution in [3.8, 4) is 0 Å². The van der Waals surface area contributed by atoms with E-state index in [9.17, 15) is 18.8 Å². The van der Waals surface area contributed by atoms with Crippen LogP contribution in [-0.2, 0) is 4.79 Å². The predicted molar refractivity (Wildman–Crippen MR) is 99.3 cm³/mol. The van der Waals surface area contributed by atoms with E-state index in [0.29, 0.717) is 32.9 Å². The van der Waals surface area contributed by atoms with E-state index in [4.69, 9.17) is 0 Å². The van der Waals surface area contributed by atoms with Gasteiger partial charge in [0.25, 0.3) is 11.8 Å². The minimum Gasteiger partial charge on any atom is -0.302 e. The number of benzene rings is 2. The standard InChI is InChI=1S/C19H14FN3O3S/c20-11-7-8-14-15(10-11)27-19(21-14)22-16(24)6-3-9-23-17(25)12-4-1-2-5-13(12)18(23)26/h1-2,4-5,7-8,10H,3,6,9H2,(H,21,22,24). The third-order valence-electron chi connectivity index (χ3n) is 4.26. The van der Waals surface area contributed by atoms with Crippen LogP contribution in [0.1, 0.15) is 33.6 Å². The quantitative estimate of drug-likeness (QED) is 0.685. The number of carbonyl (C=O) groups excluding carboxylic acids is 3. The average molecular weight is 383 g/mol. The number of hydrogen-bond donors (Lipinski definition) is 1. The van der Waals surface area contributed by atoms with Gasteiger partial charge in [-0.3, -0.25) is 19.3 Å². The number of amides is 3. The van der Waals surface area contributed by atoms with Crippen LogP contribution in [0.25, 0.3) is 10.2 Å². The number of carbonyl (C=O) groups is 3. The lowest BCUT2D eigenvalue weighted by Gasteiger charge is -2.13. The van der Waals surface area contributed by atoms with E-state index < -0.39 is 0 Å². The van der Waals surface area contributed by atoms with Crippen molar-refractivity contribution in [3.63, 3.8) is 0 Å². The van der Waals surface area contributed by atoms with Crippen LogP contribution in [0.3, 0.4) is 0 Å². The second-order valence-corrected chi connectivity index (χ2v) is 7.12. The van der Waals surface area contributed by atoms with Gasteiger partial charge in [0.15, 0.2) is 5.13 Å². The molecule has 1 N–H and O–H groups in total. The highest BCUT2D eigenvalue weighted by atomic mass is 32.1. The Bertz CT molecular complexity index is 1040. The molecule has 136 valence electrons. The van der Waals surface area contributed by atoms with Gasteiger partial charge in [-0.15, -0.1) is 0 Å². The smallest absolute Gasteiger partial charge is 0.261 e. The van der Waals surface area contributed by atoms with Crippen molar-refractivity contribution < 1.29 is 18.8 Å². The van der Waals surface area contributed by atoms with Crippen LogP contribution in [0.2, 0.25) is 0 Å². The van der Waals surface area contributed by atoms with Crippen molar-refractivity contribution in [1.82, 2.24) is 9.88 Å². The number of thiazole rings is 1. The van der Waals surface area contributed by atoms with Crippen LogP contribution in [-0.4, -0.2) is 34.2 Å². The number of aromatic nitrogens is 1. The monoisotopic (exact) mass is 383 g/mol. The molecular weight excluding hydrogens is 369 g/mol. The first-order valence-corrected chi connectivity index (χ1v) is 9.16. The number of hydrogen-bond acceptors (Lipinski definition) is 5. The summed E-state index contributed by atoms with van der Waals surface area (Å²) in [5.41, 5.74) is 1.41. The normalized spacial score (nSPS) is 13.3. The summed E-state index contributed by atoms with van der Waals surface area (Å²) in [6.07, 6.45) is 0.481. The summed E-state index contributed by atoms with van der Waals surface area (Å²) >= 11 is 1.19. The number of rotatable bonds is 5. The van der Waals surface area contributed by atoms with E-state index in [0.717, 1.165) is 0 Å². The van der Waals surface area contributed by atoms with Gasteiger partial charge >= 0.3 is 0 Å². The summed E-state index contributed by atoms with van der Waals surface area (Å²) < 4.78 is 13.9. The molecule has 1 aromatic heterocycles. The lowest BCUT2D eigenvalue weighted by atomic mass is 10.1. The maximum Gasteiger partial charge on any atom is 0.261 e. The van der Waals surface area contributed by atoms with Crippen LogP contribution in [0.15, 0.2) is 42.5 Å². The molecule has 1 aliphatic rings. The van der Waals surface area contributed by atoms with Crippen LogP contribution in [0.4, 0.5) is 9.52 Å². The van der Waals surface area contributed by atoms with E-state index in [-0.39, 0.29) is 36.5 Å². The Morgan fingerprint density at radius 1 is 1.11 bits per heavy atom. The maximum absolute atomic E-state index is 13.2. The minimum absolute atomic E-state index is 0.137. The molecule has 0 saturated carbocycles. The Balaban J connectivity index is 1.33. The van der Waals surface area contributed by atoms with Gasteiger partial charge in [-0.2, -0.15) is 0 Å². The fraction of sp³-hybridized carbons (Fsp3) is 0.158. The number of imide groups is 1. The highest BCUT2D eigenvalue weighted by molar-refractivity contribution is 7.22. The van der Waals surface area contributed by atoms with Gasteiger partial charge < -0.3 is 5.32 Å². The zero-order valence-electron chi connectivity index (χ0n) is 14.1. The zero-order chi connectivity index (χ0) is 19.0. The molecule has 3 aromatic rings. The van der Waals surface area contributed by atoms with E-state index in [1.807, 2.05) is 0 Å². The van der Waals surface area contributed by atoms with Gasteiger partial charge in [0.05, 0.1) is 21.3 Å². The molecule has 2 aromatic carbocycles. The number of anilines is 1. The number of halogens is 1. The summed E-state index contributed by atoms with van der Waals surface area (Å²) in [6, 6.07) is 10.9. The molecule has 0 radical (unpaired) electrons. The van der Waals surface area contributed by atoms with E-state index in [2.05, 4.69) is 10.3 Å². The molecule has 0 fully saturated rings. The molecule has 2 heterocycles. The largest absolute Gasteiger partial charge is 0.302 e. The molecule has 27 heavy (non-hydrogen) atoms. The molecule has 0 unspecified atom stereocenters. The molecule has 8 heteroatoms. The molecule has 4 rings (SSSR count). The second-order valence-electron chi connectivity index (χ2n) is 6.09. The van der Waals surface area contributed by atoms with Gasteiger partial charge in [0, 0.05) is 13.0 Å². The van der Waals surface area contributed by atoms with Crippen LogP contribution < -0.4 is 5.32 Å². The molecule has 0 atom stereocenters. The SMILES string of the molecule is O=C(CCCN1C(=O)c2ccccc2C1=O)Nc1nc2ccc(F)cc2s1. The summed E-state index contributed by atoms with van der Waals surface area (Å²) in [5, 5.41) is 3.06. The summed E-state index contributed by atoms with van der Waals surface area (Å²) in [4.78, 5) is 42.0. The molecule has 0 aliphatic carbocycles. The molecule has 0 spiro atoms. The topological polar surface area (TPSA) is 79.4 Å². The Morgan fingerprint density at radius 2 is 1.81 bits per heavy atom. The maximum atomic E-state index is 13.2. The summed E-state index contributed by atoms with van der Waals surface area (Å²) in [5.74, 6) is -1.29. The van der Waals surface area contributed by atoms with Gasteiger partial charge in [0.1, 0.15) is 5.82 Å². The van der Waals surface area contributed by atoms with Crippen molar-refractivity contribution in [2.45, 2.75) is 12.8 Å². The third-order valence-corrected chi connectivity index (χ3v) is 5.19. The average Bonchev–Trinajstić information content (AvgIpc) is 3.15. The Labute approximate surface area is 157 Å². The Hall–Kier alpha value is -3.13. The second kappa shape index (κ2) is 6.88. The zero-order valence-corrected chi connectivity index (χ0v) is 14.9. The summed E-state index contributed by atoms with van der Waals surface area (Å²) in [6.45, 7) is 0.171. The number of fused-ring (bicyclic) bond motifs is 2. The van der Waals surface area contributed by atoms with Crippen molar-refractivity contribution in [3.05, 3.63) is 59.4 Å². The molecular formula is C19H14FN3O3S. The van der Waals surface area contributed by atoms with E-state index >= 15 is 0 Å². The molecule has 6 nitrogen and oxygen atoms in total. The highest BCUT2D eigenvalue weighted by Crippen LogP contribution is 2.27. The molecule has 0 bridgehead atoms. The Kier molecular flexibility index (Phi) is 4.41. The van der Waals surface area contributed by atoms with Crippen LogP contribution >= 0.6 is 11.3 Å². The summed E-state index contributed by atoms with van der Waals surface area (Å²) in [7, 11) is 0. The highest BCUT2D eigenvalue weighted by Gasteiger charge is 2.34. The molecule has 0 saturated heterocycles. The molecule has 3 amide bonds. The van der Waals surface area contributed by atoms with E-state index in [1.54, 1.807) is 30.3 Å². The first-order valence-electron chi connectivity index (χ1n) is 8.34. The van der Waals surface area contributed by atoms with Crippen LogP contribution in [0.5, 0.6) is 0 Å². The van der Waals surface area contributed by atoms with Crippen molar-refractivity contribution >= 4 is 44.4 Å². The number of nitrogens with one attached hydrogen (secondary N) is 1. The predicted octanol–water partition coefficient (Wildman–Crippen LogP) is 3.45. The van der Waals surface area contributed by atoms with E-state index in [1.165, 1.54) is 28.4 Å². The lowest BCUT2D eigenvalue weighted by molar-refractivity contribution is -0.116. The van der Waals surface area contributed by atoms with Gasteiger partial charge in [-0.05, 0) is 36.8 Å². The fourth-order valence-electron chi connectivity index (χ4n) is 2.97. The first-order chi connectivity index (χ1) is 13.0. The van der Waals surface area contributed by atoms with Crippen LogP contribution in [0, 0.1) is 5.82 Å². The van der Waals surface area contributed by atoms with Crippen molar-refractivity contribution in [2.75, 3.05) is 11.9 Å².